The SMILES string of the molecule is COC[C@]1(CCc2cc(F)c3cc(Cl)c(N)nc3c2)C[C@@H](c2cc(F)c3c(N)ncnn23)[C@H](O)[C@@H]1O. The molecule has 0 aliphatic heterocycles. The van der Waals surface area contributed by atoms with Crippen molar-refractivity contribution in [2.45, 2.75) is 37.4 Å². The molecule has 3 aromatic heterocycles. The van der Waals surface area contributed by atoms with E-state index < -0.39 is 35.2 Å². The molecule has 1 aliphatic carbocycles. The zero-order chi connectivity index (χ0) is 25.8. The molecule has 36 heavy (non-hydrogen) atoms. The number of aromatic nitrogens is 4. The number of nitrogens with two attached hydrogens (primary N) is 2. The van der Waals surface area contributed by atoms with Crippen LogP contribution < -0.4 is 11.5 Å². The molecule has 0 unspecified atom stereocenters. The second kappa shape index (κ2) is 9.07. The number of aliphatic hydroxyl groups is 2. The van der Waals surface area contributed by atoms with Crippen LogP contribution in [-0.4, -0.2) is 55.7 Å². The number of rotatable bonds is 6. The van der Waals surface area contributed by atoms with Gasteiger partial charge in [0.15, 0.2) is 11.6 Å². The van der Waals surface area contributed by atoms with Crippen molar-refractivity contribution in [1.82, 2.24) is 19.6 Å². The summed E-state index contributed by atoms with van der Waals surface area (Å²) in [5, 5.41) is 26.7. The van der Waals surface area contributed by atoms with Gasteiger partial charge in [0.05, 0.1) is 35.0 Å². The standard InChI is InChI=1S/C24H25ClF2N6O3/c1-36-9-24(3-2-11-4-15(26)12-6-14(25)22(28)32-17(12)5-11)8-13(20(34)21(24)35)18-7-16(27)19-23(29)30-10-31-33(18)19/h4-7,10,13,20-21,34-35H,2-3,8-9H2,1H3,(H2,28,32)(H2,29,30,31)/t13-,20-,21-,24-/m0/s1. The molecule has 1 aliphatic rings. The minimum absolute atomic E-state index is 0.0111. The third-order valence-corrected chi connectivity index (χ3v) is 7.50. The monoisotopic (exact) mass is 518 g/mol. The van der Waals surface area contributed by atoms with Crippen molar-refractivity contribution in [3.8, 4) is 0 Å². The van der Waals surface area contributed by atoms with Crippen molar-refractivity contribution >= 4 is 39.7 Å². The summed E-state index contributed by atoms with van der Waals surface area (Å²) in [6, 6.07) is 5.80. The summed E-state index contributed by atoms with van der Waals surface area (Å²) in [7, 11) is 1.50. The van der Waals surface area contributed by atoms with Gasteiger partial charge in [0.1, 0.15) is 23.5 Å². The normalized spacial score (nSPS) is 24.2. The van der Waals surface area contributed by atoms with E-state index >= 15 is 0 Å². The lowest BCUT2D eigenvalue weighted by Gasteiger charge is -2.32. The summed E-state index contributed by atoms with van der Waals surface area (Å²) in [6.45, 7) is 0.126. The second-order valence-corrected chi connectivity index (χ2v) is 9.77. The van der Waals surface area contributed by atoms with Gasteiger partial charge in [-0.15, -0.1) is 0 Å². The van der Waals surface area contributed by atoms with Crippen molar-refractivity contribution in [2.75, 3.05) is 25.2 Å². The Labute approximate surface area is 209 Å². The molecule has 1 aromatic carbocycles. The van der Waals surface area contributed by atoms with Crippen LogP contribution in [0.15, 0.2) is 30.6 Å². The Bertz CT molecular complexity index is 1470. The first-order valence-electron chi connectivity index (χ1n) is 11.3. The molecule has 4 aromatic rings. The average molecular weight is 519 g/mol. The van der Waals surface area contributed by atoms with E-state index in [2.05, 4.69) is 15.1 Å². The number of halogens is 3. The molecule has 3 heterocycles. The highest BCUT2D eigenvalue weighted by Gasteiger charge is 2.53. The third-order valence-electron chi connectivity index (χ3n) is 7.20. The van der Waals surface area contributed by atoms with E-state index in [0.29, 0.717) is 29.6 Å². The number of pyridine rings is 1. The Morgan fingerprint density at radius 2 is 1.94 bits per heavy atom. The van der Waals surface area contributed by atoms with E-state index in [0.717, 1.165) is 0 Å². The summed E-state index contributed by atoms with van der Waals surface area (Å²) in [5.41, 5.74) is 12.1. The summed E-state index contributed by atoms with van der Waals surface area (Å²) in [4.78, 5) is 8.00. The number of aliphatic hydroxyl groups excluding tert-OH is 2. The van der Waals surface area contributed by atoms with Gasteiger partial charge in [-0.2, -0.15) is 5.10 Å². The van der Waals surface area contributed by atoms with E-state index in [1.807, 2.05) is 0 Å². The summed E-state index contributed by atoms with van der Waals surface area (Å²) < 4.78 is 36.2. The Kier molecular flexibility index (Phi) is 6.19. The molecule has 0 saturated heterocycles. The number of fused-ring (bicyclic) bond motifs is 2. The number of nitrogens with zero attached hydrogens (tertiary/aromatic N) is 4. The summed E-state index contributed by atoms with van der Waals surface area (Å²) in [5.74, 6) is -1.69. The van der Waals surface area contributed by atoms with E-state index in [9.17, 15) is 19.0 Å². The first-order valence-corrected chi connectivity index (χ1v) is 11.7. The van der Waals surface area contributed by atoms with Gasteiger partial charge in [-0.3, -0.25) is 0 Å². The van der Waals surface area contributed by atoms with Crippen LogP contribution in [0.1, 0.15) is 30.0 Å². The first-order chi connectivity index (χ1) is 17.1. The van der Waals surface area contributed by atoms with Gasteiger partial charge in [0.25, 0.3) is 0 Å². The Morgan fingerprint density at radius 3 is 2.69 bits per heavy atom. The van der Waals surface area contributed by atoms with Crippen LogP contribution >= 0.6 is 11.6 Å². The number of hydrogen-bond acceptors (Lipinski definition) is 8. The molecule has 1 fully saturated rings. The highest BCUT2D eigenvalue weighted by molar-refractivity contribution is 6.33. The van der Waals surface area contributed by atoms with Gasteiger partial charge >= 0.3 is 0 Å². The minimum Gasteiger partial charge on any atom is -0.390 e. The molecule has 190 valence electrons. The molecule has 0 bridgehead atoms. The van der Waals surface area contributed by atoms with Gasteiger partial charge in [0.2, 0.25) is 0 Å². The zero-order valence-electron chi connectivity index (χ0n) is 19.3. The van der Waals surface area contributed by atoms with Crippen molar-refractivity contribution in [3.63, 3.8) is 0 Å². The lowest BCUT2D eigenvalue weighted by atomic mass is 9.78. The van der Waals surface area contributed by atoms with Gasteiger partial charge in [-0.1, -0.05) is 11.6 Å². The Morgan fingerprint density at radius 1 is 1.17 bits per heavy atom. The average Bonchev–Trinajstić information content (AvgIpc) is 3.30. The second-order valence-electron chi connectivity index (χ2n) is 9.36. The topological polar surface area (TPSA) is 145 Å². The van der Waals surface area contributed by atoms with Crippen LogP contribution in [0.4, 0.5) is 20.4 Å². The van der Waals surface area contributed by atoms with E-state index in [4.69, 9.17) is 27.8 Å². The fraction of sp³-hybridized carbons (Fsp3) is 0.375. The fourth-order valence-corrected chi connectivity index (χ4v) is 5.57. The minimum atomic E-state index is -1.22. The molecule has 9 nitrogen and oxygen atoms in total. The fourth-order valence-electron chi connectivity index (χ4n) is 5.42. The Hall–Kier alpha value is -3.12. The van der Waals surface area contributed by atoms with Crippen molar-refractivity contribution < 1.29 is 23.7 Å². The lowest BCUT2D eigenvalue weighted by molar-refractivity contribution is -0.0585. The van der Waals surface area contributed by atoms with E-state index in [1.54, 1.807) is 6.07 Å². The maximum Gasteiger partial charge on any atom is 0.154 e. The molecule has 5 rings (SSSR count). The highest BCUT2D eigenvalue weighted by atomic mass is 35.5. The predicted octanol–water partition coefficient (Wildman–Crippen LogP) is 2.85. The quantitative estimate of drug-likeness (QED) is 0.305. The van der Waals surface area contributed by atoms with E-state index in [1.165, 1.54) is 36.2 Å². The number of ether oxygens (including phenoxy) is 1. The first kappa shape index (κ1) is 24.6. The van der Waals surface area contributed by atoms with Crippen molar-refractivity contribution in [2.24, 2.45) is 5.41 Å². The highest BCUT2D eigenvalue weighted by Crippen LogP contribution is 2.50. The number of nitrogen functional groups attached to an aromatic ring is 2. The van der Waals surface area contributed by atoms with Gasteiger partial charge in [-0.05, 0) is 49.1 Å². The van der Waals surface area contributed by atoms with Crippen molar-refractivity contribution in [1.29, 1.82) is 0 Å². The van der Waals surface area contributed by atoms with Crippen LogP contribution in [0.3, 0.4) is 0 Å². The maximum atomic E-state index is 14.8. The number of hydrogen-bond donors (Lipinski definition) is 4. The Balaban J connectivity index is 1.47. The van der Waals surface area contributed by atoms with E-state index in [-0.39, 0.29) is 40.6 Å². The van der Waals surface area contributed by atoms with Gasteiger partial charge in [0, 0.05) is 23.8 Å². The molecule has 4 atom stereocenters. The summed E-state index contributed by atoms with van der Waals surface area (Å²) >= 11 is 5.98. The molecular formula is C24H25ClF2N6O3. The smallest absolute Gasteiger partial charge is 0.154 e. The largest absolute Gasteiger partial charge is 0.390 e. The predicted molar refractivity (Wildman–Crippen MR) is 130 cm³/mol. The number of benzene rings is 1. The molecule has 12 heteroatoms. The zero-order valence-corrected chi connectivity index (χ0v) is 20.1. The maximum absolute atomic E-state index is 14.8. The van der Waals surface area contributed by atoms with Crippen LogP contribution in [0.5, 0.6) is 0 Å². The lowest BCUT2D eigenvalue weighted by Crippen LogP contribution is -2.40. The molecule has 0 spiro atoms. The van der Waals surface area contributed by atoms with Gasteiger partial charge in [-0.25, -0.2) is 23.3 Å². The molecule has 1 saturated carbocycles. The molecule has 0 amide bonds. The molecule has 0 radical (unpaired) electrons. The van der Waals surface area contributed by atoms with Gasteiger partial charge < -0.3 is 26.4 Å². The number of aryl methyl sites for hydroxylation is 1. The third kappa shape index (κ3) is 3.92. The number of anilines is 2. The van der Waals surface area contributed by atoms with Crippen LogP contribution in [0.2, 0.25) is 5.02 Å². The summed E-state index contributed by atoms with van der Waals surface area (Å²) in [6.07, 6.45) is -0.218. The van der Waals surface area contributed by atoms with Crippen LogP contribution in [0, 0.1) is 17.0 Å². The van der Waals surface area contributed by atoms with Crippen LogP contribution in [0.25, 0.3) is 16.4 Å². The van der Waals surface area contributed by atoms with Crippen LogP contribution in [-0.2, 0) is 11.2 Å². The van der Waals surface area contributed by atoms with Crippen molar-refractivity contribution in [3.05, 3.63) is 58.5 Å². The number of methoxy groups -OCH3 is 1. The molecular weight excluding hydrogens is 494 g/mol. The molecule has 6 N–H and O–H groups in total.